The molecule has 1 aliphatic rings. The number of benzene rings is 2. The predicted molar refractivity (Wildman–Crippen MR) is 123 cm³/mol. The van der Waals surface area contributed by atoms with E-state index >= 15 is 0 Å². The van der Waals surface area contributed by atoms with Crippen molar-refractivity contribution in [1.29, 1.82) is 0 Å². The van der Waals surface area contributed by atoms with Crippen molar-refractivity contribution in [3.05, 3.63) is 56.4 Å². The smallest absolute Gasteiger partial charge is 0.341 e. The van der Waals surface area contributed by atoms with Crippen LogP contribution in [-0.4, -0.2) is 25.6 Å². The Morgan fingerprint density at radius 2 is 1.97 bits per heavy atom. The van der Waals surface area contributed by atoms with Gasteiger partial charge < -0.3 is 14.8 Å². The lowest BCUT2D eigenvalue weighted by Gasteiger charge is -2.14. The fraction of sp³-hybridized carbons (Fsp3) is 0.304. The summed E-state index contributed by atoms with van der Waals surface area (Å²) in [4.78, 5) is 27.1. The maximum absolute atomic E-state index is 13.3. The van der Waals surface area contributed by atoms with E-state index in [9.17, 15) is 9.59 Å². The molecule has 4 rings (SSSR count). The van der Waals surface area contributed by atoms with Gasteiger partial charge in [-0.25, -0.2) is 4.79 Å². The monoisotopic (exact) mass is 487 g/mol. The molecular formula is C23H22BrNO4S. The van der Waals surface area contributed by atoms with Crippen LogP contribution in [0.3, 0.4) is 0 Å². The molecule has 0 fully saturated rings. The maximum atomic E-state index is 13.3. The summed E-state index contributed by atoms with van der Waals surface area (Å²) >= 11 is 5.05. The van der Waals surface area contributed by atoms with Gasteiger partial charge in [0.15, 0.2) is 0 Å². The third-order valence-corrected chi connectivity index (χ3v) is 7.26. The molecule has 156 valence electrons. The zero-order valence-electron chi connectivity index (χ0n) is 16.8. The normalized spacial score (nSPS) is 13.0. The Balaban J connectivity index is 1.76. The van der Waals surface area contributed by atoms with Crippen LogP contribution in [0.1, 0.15) is 50.9 Å². The van der Waals surface area contributed by atoms with Crippen LogP contribution in [0.5, 0.6) is 5.75 Å². The van der Waals surface area contributed by atoms with Crippen molar-refractivity contribution >= 4 is 54.9 Å². The van der Waals surface area contributed by atoms with Gasteiger partial charge in [0.25, 0.3) is 5.91 Å². The summed E-state index contributed by atoms with van der Waals surface area (Å²) < 4.78 is 11.6. The molecule has 1 heterocycles. The number of thiophene rings is 1. The van der Waals surface area contributed by atoms with Gasteiger partial charge in [0, 0.05) is 4.88 Å². The molecule has 3 aromatic rings. The number of hydrogen-bond acceptors (Lipinski definition) is 5. The van der Waals surface area contributed by atoms with Gasteiger partial charge in [-0.15, -0.1) is 11.3 Å². The molecule has 1 aromatic heterocycles. The highest BCUT2D eigenvalue weighted by atomic mass is 79.9. The van der Waals surface area contributed by atoms with E-state index in [1.807, 2.05) is 30.3 Å². The summed E-state index contributed by atoms with van der Waals surface area (Å²) in [6.45, 7) is 2.08. The third kappa shape index (κ3) is 3.72. The van der Waals surface area contributed by atoms with Crippen molar-refractivity contribution in [1.82, 2.24) is 0 Å². The first-order valence-electron chi connectivity index (χ1n) is 9.93. The Labute approximate surface area is 187 Å². The van der Waals surface area contributed by atoms with Crippen LogP contribution in [0.15, 0.2) is 34.8 Å². The van der Waals surface area contributed by atoms with Crippen molar-refractivity contribution in [3.8, 4) is 5.75 Å². The number of fused-ring (bicyclic) bond motifs is 2. The molecule has 0 radical (unpaired) electrons. The Hall–Kier alpha value is -2.38. The van der Waals surface area contributed by atoms with Crippen molar-refractivity contribution in [3.63, 3.8) is 0 Å². The number of carbonyl (C=O) groups is 2. The van der Waals surface area contributed by atoms with Crippen LogP contribution in [-0.2, 0) is 17.6 Å². The summed E-state index contributed by atoms with van der Waals surface area (Å²) in [7, 11) is 1.54. The lowest BCUT2D eigenvalue weighted by atomic mass is 9.95. The van der Waals surface area contributed by atoms with Gasteiger partial charge in [-0.3, -0.25) is 4.79 Å². The average molecular weight is 488 g/mol. The fourth-order valence-electron chi connectivity index (χ4n) is 3.90. The minimum absolute atomic E-state index is 0.294. The second-order valence-corrected chi connectivity index (χ2v) is 8.98. The number of ether oxygens (including phenoxy) is 2. The SMILES string of the molecule is CCOC(=O)c1c(NC(=O)c2cc3ccccc3c(Br)c2OC)sc2c1CCCC2. The molecule has 0 atom stereocenters. The van der Waals surface area contributed by atoms with Crippen molar-refractivity contribution < 1.29 is 19.1 Å². The molecule has 0 bridgehead atoms. The Kier molecular flexibility index (Phi) is 6.11. The summed E-state index contributed by atoms with van der Waals surface area (Å²) in [5.74, 6) is -0.230. The van der Waals surface area contributed by atoms with Crippen molar-refractivity contribution in [2.75, 3.05) is 19.0 Å². The number of aryl methyl sites for hydroxylation is 1. The van der Waals surface area contributed by atoms with E-state index in [-0.39, 0.29) is 11.9 Å². The summed E-state index contributed by atoms with van der Waals surface area (Å²) in [5, 5.41) is 5.41. The average Bonchev–Trinajstić information content (AvgIpc) is 3.11. The van der Waals surface area contributed by atoms with Crippen LogP contribution in [0.25, 0.3) is 10.8 Å². The van der Waals surface area contributed by atoms with E-state index in [4.69, 9.17) is 9.47 Å². The van der Waals surface area contributed by atoms with Crippen LogP contribution >= 0.6 is 27.3 Å². The number of hydrogen-bond donors (Lipinski definition) is 1. The first-order chi connectivity index (χ1) is 14.5. The lowest BCUT2D eigenvalue weighted by Crippen LogP contribution is -2.16. The van der Waals surface area contributed by atoms with E-state index < -0.39 is 0 Å². The number of carbonyl (C=O) groups excluding carboxylic acids is 2. The van der Waals surface area contributed by atoms with Gasteiger partial charge in [-0.1, -0.05) is 24.3 Å². The predicted octanol–water partition coefficient (Wildman–Crippen LogP) is 5.98. The summed E-state index contributed by atoms with van der Waals surface area (Å²) in [6, 6.07) is 9.59. The second-order valence-electron chi connectivity index (χ2n) is 7.08. The number of anilines is 1. The van der Waals surface area contributed by atoms with Gasteiger partial charge in [0.05, 0.1) is 29.3 Å². The molecule has 7 heteroatoms. The zero-order chi connectivity index (χ0) is 21.3. The van der Waals surface area contributed by atoms with Crippen molar-refractivity contribution in [2.45, 2.75) is 32.6 Å². The first-order valence-corrected chi connectivity index (χ1v) is 11.5. The zero-order valence-corrected chi connectivity index (χ0v) is 19.2. The minimum atomic E-state index is -0.376. The number of nitrogens with one attached hydrogen (secondary N) is 1. The van der Waals surface area contributed by atoms with Gasteiger partial charge in [-0.05, 0) is 70.9 Å². The highest BCUT2D eigenvalue weighted by molar-refractivity contribution is 9.10. The lowest BCUT2D eigenvalue weighted by molar-refractivity contribution is 0.0526. The molecule has 1 amide bonds. The molecule has 5 nitrogen and oxygen atoms in total. The summed E-state index contributed by atoms with van der Waals surface area (Å²) in [6.07, 6.45) is 3.89. The molecule has 0 spiro atoms. The quantitative estimate of drug-likeness (QED) is 0.449. The molecule has 1 N–H and O–H groups in total. The molecule has 0 saturated heterocycles. The Morgan fingerprint density at radius 1 is 1.20 bits per heavy atom. The molecule has 2 aromatic carbocycles. The van der Waals surface area contributed by atoms with Gasteiger partial charge >= 0.3 is 5.97 Å². The number of rotatable bonds is 5. The largest absolute Gasteiger partial charge is 0.495 e. The molecule has 0 unspecified atom stereocenters. The van der Waals surface area contributed by atoms with Gasteiger partial charge in [0.1, 0.15) is 10.8 Å². The van der Waals surface area contributed by atoms with Gasteiger partial charge in [-0.2, -0.15) is 0 Å². The van der Waals surface area contributed by atoms with E-state index in [0.29, 0.717) is 28.5 Å². The number of methoxy groups -OCH3 is 1. The van der Waals surface area contributed by atoms with E-state index in [1.54, 1.807) is 14.0 Å². The molecule has 30 heavy (non-hydrogen) atoms. The number of esters is 1. The highest BCUT2D eigenvalue weighted by Gasteiger charge is 2.28. The minimum Gasteiger partial charge on any atom is -0.495 e. The van der Waals surface area contributed by atoms with E-state index in [2.05, 4.69) is 21.2 Å². The summed E-state index contributed by atoms with van der Waals surface area (Å²) in [5.41, 5.74) is 1.93. The molecular weight excluding hydrogens is 466 g/mol. The Bertz CT molecular complexity index is 1140. The fourth-order valence-corrected chi connectivity index (χ4v) is 5.91. The Morgan fingerprint density at radius 3 is 2.73 bits per heavy atom. The maximum Gasteiger partial charge on any atom is 0.341 e. The van der Waals surface area contributed by atoms with Crippen LogP contribution < -0.4 is 10.1 Å². The van der Waals surface area contributed by atoms with Gasteiger partial charge in [0.2, 0.25) is 0 Å². The molecule has 0 aliphatic heterocycles. The van der Waals surface area contributed by atoms with E-state index in [1.165, 1.54) is 11.3 Å². The molecule has 1 aliphatic carbocycles. The second kappa shape index (κ2) is 8.78. The van der Waals surface area contributed by atoms with Crippen LogP contribution in [0.4, 0.5) is 5.00 Å². The third-order valence-electron chi connectivity index (χ3n) is 5.27. The van der Waals surface area contributed by atoms with Crippen LogP contribution in [0, 0.1) is 0 Å². The van der Waals surface area contributed by atoms with Crippen molar-refractivity contribution in [2.24, 2.45) is 0 Å². The topological polar surface area (TPSA) is 64.6 Å². The molecule has 0 saturated carbocycles. The standard InChI is InChI=1S/C23H22BrNO4S/c1-3-29-23(27)18-15-10-6-7-11-17(15)30-22(18)25-21(26)16-12-13-8-4-5-9-14(13)19(24)20(16)28-2/h4-5,8-9,12H,3,6-7,10-11H2,1-2H3,(H,25,26). The first kappa shape index (κ1) is 20.9. The number of amides is 1. The van der Waals surface area contributed by atoms with Crippen LogP contribution in [0.2, 0.25) is 0 Å². The highest BCUT2D eigenvalue weighted by Crippen LogP contribution is 2.40. The van der Waals surface area contributed by atoms with E-state index in [0.717, 1.165) is 51.4 Å². The number of halogens is 1.